The molecule has 0 unspecified atom stereocenters. The SMILES string of the molecule is O=C(O)Cc1csc2ncc(Br)n12. The molecule has 2 aromatic heterocycles. The van der Waals surface area contributed by atoms with Crippen LogP contribution in [0.3, 0.4) is 0 Å². The van der Waals surface area contributed by atoms with Gasteiger partial charge < -0.3 is 5.11 Å². The lowest BCUT2D eigenvalue weighted by atomic mass is 10.3. The van der Waals surface area contributed by atoms with Gasteiger partial charge in [0.1, 0.15) is 4.60 Å². The number of fused-ring (bicyclic) bond motifs is 1. The predicted octanol–water partition coefficient (Wildman–Crippen LogP) is 1.79. The number of aliphatic carboxylic acids is 1. The molecule has 0 aliphatic carbocycles. The van der Waals surface area contributed by atoms with Gasteiger partial charge in [-0.05, 0) is 15.9 Å². The van der Waals surface area contributed by atoms with Crippen molar-refractivity contribution in [3.05, 3.63) is 21.9 Å². The van der Waals surface area contributed by atoms with Crippen LogP contribution < -0.4 is 0 Å². The van der Waals surface area contributed by atoms with Gasteiger partial charge in [0.25, 0.3) is 0 Å². The zero-order valence-corrected chi connectivity index (χ0v) is 8.80. The van der Waals surface area contributed by atoms with Gasteiger partial charge in [-0.3, -0.25) is 9.20 Å². The Hall–Kier alpha value is -0.880. The molecule has 1 N–H and O–H groups in total. The minimum Gasteiger partial charge on any atom is -0.481 e. The second kappa shape index (κ2) is 3.12. The molecule has 0 bridgehead atoms. The van der Waals surface area contributed by atoms with Gasteiger partial charge in [-0.1, -0.05) is 0 Å². The summed E-state index contributed by atoms with van der Waals surface area (Å²) in [5.41, 5.74) is 0.747. The third-order valence-corrected chi connectivity index (χ3v) is 3.05. The van der Waals surface area contributed by atoms with E-state index in [4.69, 9.17) is 5.11 Å². The van der Waals surface area contributed by atoms with E-state index in [0.717, 1.165) is 15.3 Å². The molecule has 0 radical (unpaired) electrons. The molecule has 0 aliphatic rings. The maximum atomic E-state index is 10.5. The lowest BCUT2D eigenvalue weighted by Gasteiger charge is -1.94. The van der Waals surface area contributed by atoms with Crippen molar-refractivity contribution in [1.29, 1.82) is 0 Å². The van der Waals surface area contributed by atoms with Crippen LogP contribution in [0.1, 0.15) is 5.69 Å². The van der Waals surface area contributed by atoms with Crippen molar-refractivity contribution < 1.29 is 9.90 Å². The Morgan fingerprint density at radius 1 is 1.77 bits per heavy atom. The van der Waals surface area contributed by atoms with Crippen LogP contribution in [0.2, 0.25) is 0 Å². The van der Waals surface area contributed by atoms with E-state index in [1.807, 2.05) is 0 Å². The molecular weight excluding hydrogens is 256 g/mol. The smallest absolute Gasteiger partial charge is 0.309 e. The third kappa shape index (κ3) is 1.47. The van der Waals surface area contributed by atoms with Crippen LogP contribution in [0.4, 0.5) is 0 Å². The van der Waals surface area contributed by atoms with E-state index in [1.54, 1.807) is 16.0 Å². The molecule has 68 valence electrons. The largest absolute Gasteiger partial charge is 0.481 e. The molecule has 0 fully saturated rings. The maximum Gasteiger partial charge on any atom is 0.309 e. The van der Waals surface area contributed by atoms with Gasteiger partial charge in [-0.2, -0.15) is 0 Å². The molecule has 2 heterocycles. The highest BCUT2D eigenvalue weighted by molar-refractivity contribution is 9.10. The molecule has 0 atom stereocenters. The lowest BCUT2D eigenvalue weighted by molar-refractivity contribution is -0.136. The minimum atomic E-state index is -0.833. The highest BCUT2D eigenvalue weighted by Crippen LogP contribution is 2.21. The minimum absolute atomic E-state index is 0.0228. The fourth-order valence-corrected chi connectivity index (χ4v) is 2.59. The van der Waals surface area contributed by atoms with Gasteiger partial charge in [-0.15, -0.1) is 11.3 Å². The van der Waals surface area contributed by atoms with Gasteiger partial charge >= 0.3 is 5.97 Å². The average molecular weight is 261 g/mol. The molecule has 2 rings (SSSR count). The first-order valence-corrected chi connectivity index (χ1v) is 5.17. The van der Waals surface area contributed by atoms with Crippen LogP contribution >= 0.6 is 27.3 Å². The number of halogens is 1. The Labute approximate surface area is 86.0 Å². The number of hydrogen-bond acceptors (Lipinski definition) is 3. The van der Waals surface area contributed by atoms with E-state index in [9.17, 15) is 4.79 Å². The topological polar surface area (TPSA) is 54.6 Å². The number of nitrogens with zero attached hydrogens (tertiary/aromatic N) is 2. The molecule has 13 heavy (non-hydrogen) atoms. The molecular formula is C7H5BrN2O2S. The van der Waals surface area contributed by atoms with Crippen molar-refractivity contribution in [1.82, 2.24) is 9.38 Å². The maximum absolute atomic E-state index is 10.5. The monoisotopic (exact) mass is 260 g/mol. The second-order valence-corrected chi connectivity index (χ2v) is 4.15. The Morgan fingerprint density at radius 2 is 2.54 bits per heavy atom. The normalized spacial score (nSPS) is 10.8. The van der Waals surface area contributed by atoms with E-state index in [2.05, 4.69) is 20.9 Å². The number of carboxylic acid groups (broad SMARTS) is 1. The fraction of sp³-hybridized carbons (Fsp3) is 0.143. The predicted molar refractivity (Wildman–Crippen MR) is 52.1 cm³/mol. The molecule has 0 aromatic carbocycles. The molecule has 2 aromatic rings. The first-order valence-electron chi connectivity index (χ1n) is 3.49. The Kier molecular flexibility index (Phi) is 2.09. The Bertz CT molecular complexity index is 462. The fourth-order valence-electron chi connectivity index (χ4n) is 1.11. The summed E-state index contributed by atoms with van der Waals surface area (Å²) in [6.45, 7) is 0. The quantitative estimate of drug-likeness (QED) is 0.896. The first-order chi connectivity index (χ1) is 6.18. The zero-order chi connectivity index (χ0) is 9.42. The van der Waals surface area contributed by atoms with Gasteiger partial charge in [-0.25, -0.2) is 4.98 Å². The van der Waals surface area contributed by atoms with Crippen LogP contribution in [0.15, 0.2) is 16.2 Å². The van der Waals surface area contributed by atoms with Crippen molar-refractivity contribution in [2.24, 2.45) is 0 Å². The van der Waals surface area contributed by atoms with Crippen LogP contribution in [0, 0.1) is 0 Å². The summed E-state index contributed by atoms with van der Waals surface area (Å²) in [6.07, 6.45) is 1.69. The first kappa shape index (κ1) is 8.71. The molecule has 0 aliphatic heterocycles. The number of hydrogen-bond donors (Lipinski definition) is 1. The summed E-state index contributed by atoms with van der Waals surface area (Å²) in [4.78, 5) is 15.4. The van der Waals surface area contributed by atoms with Crippen LogP contribution in [-0.2, 0) is 11.2 Å². The summed E-state index contributed by atoms with van der Waals surface area (Å²) in [5, 5.41) is 10.4. The van der Waals surface area contributed by atoms with Crippen molar-refractivity contribution in [3.8, 4) is 0 Å². The van der Waals surface area contributed by atoms with Crippen LogP contribution in [-0.4, -0.2) is 20.5 Å². The summed E-state index contributed by atoms with van der Waals surface area (Å²) in [7, 11) is 0. The van der Waals surface area contributed by atoms with Crippen LogP contribution in [0.5, 0.6) is 0 Å². The van der Waals surface area contributed by atoms with Crippen molar-refractivity contribution >= 4 is 38.2 Å². The summed E-state index contributed by atoms with van der Waals surface area (Å²) >= 11 is 4.74. The van der Waals surface area contributed by atoms with E-state index in [-0.39, 0.29) is 6.42 Å². The van der Waals surface area contributed by atoms with Gasteiger partial charge in [0.15, 0.2) is 4.96 Å². The van der Waals surface area contributed by atoms with Gasteiger partial charge in [0.2, 0.25) is 0 Å². The number of carbonyl (C=O) groups is 1. The molecule has 0 amide bonds. The van der Waals surface area contributed by atoms with E-state index in [0.29, 0.717) is 0 Å². The van der Waals surface area contributed by atoms with Gasteiger partial charge in [0, 0.05) is 11.1 Å². The number of rotatable bonds is 2. The molecule has 4 nitrogen and oxygen atoms in total. The Morgan fingerprint density at radius 3 is 3.23 bits per heavy atom. The zero-order valence-electron chi connectivity index (χ0n) is 6.40. The van der Waals surface area contributed by atoms with Crippen LogP contribution in [0.25, 0.3) is 4.96 Å². The number of thiazole rings is 1. The van der Waals surface area contributed by atoms with Crippen molar-refractivity contribution in [2.75, 3.05) is 0 Å². The van der Waals surface area contributed by atoms with Crippen molar-refractivity contribution in [3.63, 3.8) is 0 Å². The second-order valence-electron chi connectivity index (χ2n) is 2.50. The van der Waals surface area contributed by atoms with Gasteiger partial charge in [0.05, 0.1) is 12.6 Å². The summed E-state index contributed by atoms with van der Waals surface area (Å²) in [5.74, 6) is -0.833. The summed E-state index contributed by atoms with van der Waals surface area (Å²) in [6, 6.07) is 0. The Balaban J connectivity index is 2.55. The number of carboxylic acids is 1. The van der Waals surface area contributed by atoms with E-state index >= 15 is 0 Å². The molecule has 0 saturated heterocycles. The van der Waals surface area contributed by atoms with Crippen molar-refractivity contribution in [2.45, 2.75) is 6.42 Å². The molecule has 6 heteroatoms. The third-order valence-electron chi connectivity index (χ3n) is 1.61. The lowest BCUT2D eigenvalue weighted by Crippen LogP contribution is -2.02. The number of imidazole rings is 1. The molecule has 0 spiro atoms. The van der Waals surface area contributed by atoms with E-state index < -0.39 is 5.97 Å². The average Bonchev–Trinajstić information content (AvgIpc) is 2.56. The summed E-state index contributed by atoms with van der Waals surface area (Å²) < 4.78 is 2.58. The highest BCUT2D eigenvalue weighted by atomic mass is 79.9. The highest BCUT2D eigenvalue weighted by Gasteiger charge is 2.10. The standard InChI is InChI=1S/C7H5BrN2O2S/c8-5-2-9-7-10(5)4(3-13-7)1-6(11)12/h2-3H,1H2,(H,11,12). The van der Waals surface area contributed by atoms with E-state index in [1.165, 1.54) is 11.3 Å². The molecule has 0 saturated carbocycles. The number of aromatic nitrogens is 2.